The van der Waals surface area contributed by atoms with E-state index in [4.69, 9.17) is 37.7 Å². The summed E-state index contributed by atoms with van der Waals surface area (Å²) in [5, 5.41) is 3.53. The van der Waals surface area contributed by atoms with Gasteiger partial charge in [0.2, 0.25) is 0 Å². The topological polar surface area (TPSA) is 24.8 Å². The van der Waals surface area contributed by atoms with E-state index in [0.29, 0.717) is 13.0 Å². The third-order valence-electron chi connectivity index (χ3n) is 4.88. The number of nitrogens with zero attached hydrogens (tertiary/aromatic N) is 2. The molecular formula is C29H37F3N2O. The number of hydrogen-bond donors (Lipinski definition) is 0. The lowest BCUT2D eigenvalue weighted by Gasteiger charge is -2.31. The smallest absolute Gasteiger partial charge is 0.391 e. The summed E-state index contributed by atoms with van der Waals surface area (Å²) in [6.07, 6.45) is -27.0. The summed E-state index contributed by atoms with van der Waals surface area (Å²) in [6, 6.07) is 3.17. The van der Waals surface area contributed by atoms with Crippen molar-refractivity contribution in [1.82, 2.24) is 4.90 Å². The molecule has 35 heavy (non-hydrogen) atoms. The first-order valence-corrected chi connectivity index (χ1v) is 10.2. The number of hydrogen-bond acceptors (Lipinski definition) is 3. The predicted octanol–water partition coefficient (Wildman–Crippen LogP) is 7.71. The fourth-order valence-corrected chi connectivity index (χ4v) is 3.05. The van der Waals surface area contributed by atoms with Gasteiger partial charge in [-0.05, 0) is 97.2 Å². The van der Waals surface area contributed by atoms with Crippen LogP contribution in [-0.4, -0.2) is 23.6 Å². The molecule has 2 fully saturated rings. The minimum Gasteiger partial charge on any atom is -0.391 e. The highest BCUT2D eigenvalue weighted by molar-refractivity contribution is 5.98. The van der Waals surface area contributed by atoms with Crippen LogP contribution in [-0.2, 0) is 30.4 Å². The minimum atomic E-state index is -5.66. The second-order valence-corrected chi connectivity index (χ2v) is 7.36. The van der Waals surface area contributed by atoms with E-state index >= 15 is 0 Å². The maximum absolute atomic E-state index is 14.7. The van der Waals surface area contributed by atoms with Gasteiger partial charge in [-0.25, -0.2) is 0 Å². The lowest BCUT2D eigenvalue weighted by Crippen LogP contribution is -2.36. The van der Waals surface area contributed by atoms with E-state index in [2.05, 4.69) is 5.16 Å². The lowest BCUT2D eigenvalue weighted by atomic mass is 9.78. The summed E-state index contributed by atoms with van der Waals surface area (Å²) < 4.78 is 243. The van der Waals surface area contributed by atoms with Crippen molar-refractivity contribution >= 4 is 5.71 Å². The van der Waals surface area contributed by atoms with Crippen LogP contribution in [0, 0.1) is 5.89 Å². The molecule has 0 atom stereocenters. The number of aryl methyl sites for hydroxylation is 1. The van der Waals surface area contributed by atoms with Crippen molar-refractivity contribution in [3.8, 4) is 0 Å². The molecule has 0 radical (unpaired) electrons. The van der Waals surface area contributed by atoms with E-state index in [-0.39, 0.29) is 22.6 Å². The Hall–Kier alpha value is -2.34. The van der Waals surface area contributed by atoms with E-state index in [1.807, 2.05) is 0 Å². The Morgan fingerprint density at radius 3 is 2.66 bits per heavy atom. The van der Waals surface area contributed by atoms with Crippen LogP contribution in [0.1, 0.15) is 125 Å². The van der Waals surface area contributed by atoms with Gasteiger partial charge < -0.3 is 4.84 Å². The summed E-state index contributed by atoms with van der Waals surface area (Å²) >= 11 is 0. The fourth-order valence-electron chi connectivity index (χ4n) is 3.05. The molecule has 1 saturated heterocycles. The van der Waals surface area contributed by atoms with Crippen LogP contribution in [0.4, 0.5) is 13.2 Å². The van der Waals surface area contributed by atoms with Crippen LogP contribution in [0.25, 0.3) is 0 Å². The second-order valence-electron chi connectivity index (χ2n) is 7.36. The molecule has 1 saturated carbocycles. The van der Waals surface area contributed by atoms with Gasteiger partial charge in [-0.2, -0.15) is 13.2 Å². The normalized spacial score (nSPS) is 46.7. The first kappa shape index (κ1) is 9.20. The molecule has 4 rings (SSSR count). The lowest BCUT2D eigenvalue weighted by molar-refractivity contribution is -0.138. The Balaban J connectivity index is 1.85. The molecule has 0 unspecified atom stereocenters. The van der Waals surface area contributed by atoms with Crippen LogP contribution in [0.5, 0.6) is 0 Å². The molecule has 2 aliphatic rings. The van der Waals surface area contributed by atoms with Crippen molar-refractivity contribution in [2.45, 2.75) is 84.1 Å². The monoisotopic (exact) mass is 510 g/mol. The first-order chi connectivity index (χ1) is 25.8. The maximum atomic E-state index is 14.7. The third kappa shape index (κ3) is 6.46. The molecule has 190 valence electrons. The zero-order valence-electron chi connectivity index (χ0n) is 42.5. The zero-order valence-corrected chi connectivity index (χ0v) is 18.5. The van der Waals surface area contributed by atoms with Crippen LogP contribution in [0.15, 0.2) is 41.6 Å². The molecule has 0 aromatic heterocycles. The van der Waals surface area contributed by atoms with Gasteiger partial charge in [0, 0.05) is 36.7 Å². The molecule has 1 heterocycles. The van der Waals surface area contributed by atoms with E-state index < -0.39 is 123 Å². The van der Waals surface area contributed by atoms with Crippen molar-refractivity contribution in [3.05, 3.63) is 69.8 Å². The van der Waals surface area contributed by atoms with Crippen molar-refractivity contribution < 1.29 is 50.9 Å². The van der Waals surface area contributed by atoms with E-state index in [0.717, 1.165) is 25.1 Å². The molecule has 0 spiro atoms. The van der Waals surface area contributed by atoms with Gasteiger partial charge in [0.1, 0.15) is 6.56 Å². The van der Waals surface area contributed by atoms with Gasteiger partial charge in [0.25, 0.3) is 0 Å². The molecule has 0 amide bonds. The molecule has 3 nitrogen and oxygen atoms in total. The summed E-state index contributed by atoms with van der Waals surface area (Å²) in [5.41, 5.74) is -7.42. The molecule has 0 N–H and O–H groups in total. The summed E-state index contributed by atoms with van der Waals surface area (Å²) in [5.74, 6) is -7.38. The molecule has 1 aliphatic carbocycles. The van der Waals surface area contributed by atoms with Crippen molar-refractivity contribution in [1.29, 1.82) is 0 Å². The number of halogens is 3. The van der Waals surface area contributed by atoms with Gasteiger partial charge in [-0.15, -0.1) is 0 Å². The van der Waals surface area contributed by atoms with Crippen LogP contribution >= 0.6 is 0 Å². The Morgan fingerprint density at radius 2 is 1.94 bits per heavy atom. The highest BCUT2D eigenvalue weighted by Crippen LogP contribution is 2.42. The Bertz CT molecular complexity index is 1980. The molecule has 1 aliphatic heterocycles. The standard InChI is InChI=1S/C29H37F3N2O/c1-4-23-17-25(11-12-26(23)18-34-14-5-15-34)21(3)33-35-19-22-8-13-27(28(16-22)29(30,31)32)24-9-6-20(2)7-10-24/h8,11-13,16-17,20,24H,4-7,9-10,14-15,18-19H2,1-3H3/b33-21+/i1D3,4D2,5D,6D2,7D2,9D2,10D2,14D2,15D2,18D2,19D2,20D,24D. The van der Waals surface area contributed by atoms with Gasteiger partial charge in [-0.1, -0.05) is 55.9 Å². The van der Waals surface area contributed by atoms with Crippen molar-refractivity contribution in [2.75, 3.05) is 13.0 Å². The van der Waals surface area contributed by atoms with Crippen molar-refractivity contribution in [3.63, 3.8) is 0 Å². The highest BCUT2D eigenvalue weighted by atomic mass is 19.4. The Kier molecular flexibility index (Phi) is 2.93. The zero-order chi connectivity index (χ0) is 46.4. The predicted molar refractivity (Wildman–Crippen MR) is 135 cm³/mol. The molecule has 6 heteroatoms. The molecule has 2 aromatic carbocycles. The maximum Gasteiger partial charge on any atom is 0.416 e. The largest absolute Gasteiger partial charge is 0.416 e. The van der Waals surface area contributed by atoms with Gasteiger partial charge in [0.15, 0.2) is 0 Å². The molecular weight excluding hydrogens is 449 g/mol. The van der Waals surface area contributed by atoms with Crippen LogP contribution < -0.4 is 0 Å². The SMILES string of the molecule is [2H]C1C([2H])([2H])N(C([2H])([2H])c2ccc(/C(C)=N/OC([2H])([2H])c3ccc(C4([2H])C([2H])([2H])C([2H])([2H])C([2H])(C)C([2H])([2H])C4([2H])[2H])c(C(F)(F)F)c3)cc2C([2H])([2H])C([2H])([2H])[2H])C1([2H])[2H]. The highest BCUT2D eigenvalue weighted by Gasteiger charge is 2.36. The van der Waals surface area contributed by atoms with Gasteiger partial charge >= 0.3 is 6.18 Å². The average Bonchev–Trinajstić information content (AvgIpc) is 3.07. The number of alkyl halides is 3. The first-order valence-electron chi connectivity index (χ1n) is 22.2. The number of rotatable bonds is 8. The van der Waals surface area contributed by atoms with Crippen LogP contribution in [0.2, 0.25) is 0 Å². The van der Waals surface area contributed by atoms with Crippen LogP contribution in [0.3, 0.4) is 0 Å². The van der Waals surface area contributed by atoms with Gasteiger partial charge in [0.05, 0.1) is 14.0 Å². The quantitative estimate of drug-likeness (QED) is 0.268. The van der Waals surface area contributed by atoms with Gasteiger partial charge in [-0.3, -0.25) is 4.90 Å². The Morgan fingerprint density at radius 1 is 1.17 bits per heavy atom. The number of likely N-dealkylation sites (tertiary alicyclic amines) is 1. The Labute approximate surface area is 241 Å². The summed E-state index contributed by atoms with van der Waals surface area (Å²) in [7, 11) is 0. The number of benzene rings is 2. The fraction of sp³-hybridized carbons (Fsp3) is 0.552. The second kappa shape index (κ2) is 11.2. The third-order valence-corrected chi connectivity index (χ3v) is 4.88. The van der Waals surface area contributed by atoms with Crippen molar-refractivity contribution in [2.24, 2.45) is 11.0 Å². The van der Waals surface area contributed by atoms with E-state index in [9.17, 15) is 13.2 Å². The number of oxime groups is 1. The van der Waals surface area contributed by atoms with E-state index in [1.165, 1.54) is 0 Å². The minimum absolute atomic E-state index is 0.00437. The molecule has 0 bridgehead atoms. The molecule has 2 aromatic rings. The summed E-state index contributed by atoms with van der Waals surface area (Å²) in [6.45, 7) is -14.6. The average molecular weight is 511 g/mol. The van der Waals surface area contributed by atoms with E-state index in [1.54, 1.807) is 0 Å². The summed E-state index contributed by atoms with van der Waals surface area (Å²) in [4.78, 5) is 4.91.